The molecule has 3 aliphatic rings. The van der Waals surface area contributed by atoms with Crippen LogP contribution in [0.3, 0.4) is 0 Å². The molecule has 1 N–H and O–H groups in total. The molecule has 2 nitrogen and oxygen atoms in total. The van der Waals surface area contributed by atoms with E-state index >= 15 is 0 Å². The maximum atomic E-state index is 11.1. The van der Waals surface area contributed by atoms with Gasteiger partial charge < -0.3 is 5.32 Å². The van der Waals surface area contributed by atoms with Gasteiger partial charge in [0.25, 0.3) is 0 Å². The van der Waals surface area contributed by atoms with Crippen molar-refractivity contribution in [3.63, 3.8) is 0 Å². The van der Waals surface area contributed by atoms with Crippen molar-refractivity contribution in [3.05, 3.63) is 0 Å². The smallest absolute Gasteiger partial charge is 0.225 e. The summed E-state index contributed by atoms with van der Waals surface area (Å²) in [5.74, 6) is 2.40. The van der Waals surface area contributed by atoms with Crippen molar-refractivity contribution in [2.75, 3.05) is 0 Å². The molecule has 1 saturated heterocycles. The highest BCUT2D eigenvalue weighted by Crippen LogP contribution is 2.48. The number of β-lactam (4-membered cyclic amide) rings is 1. The molecule has 0 radical (unpaired) electrons. The number of rotatable bonds is 2. The summed E-state index contributed by atoms with van der Waals surface area (Å²) in [5.41, 5.74) is 0. The molecular formula is C9H13NO. The lowest BCUT2D eigenvalue weighted by Crippen LogP contribution is -2.60. The van der Waals surface area contributed by atoms with Gasteiger partial charge in [-0.25, -0.2) is 0 Å². The van der Waals surface area contributed by atoms with Crippen LogP contribution in [0.2, 0.25) is 0 Å². The summed E-state index contributed by atoms with van der Waals surface area (Å²) in [4.78, 5) is 11.1. The molecule has 2 aliphatic carbocycles. The van der Waals surface area contributed by atoms with Crippen LogP contribution in [0, 0.1) is 17.8 Å². The van der Waals surface area contributed by atoms with E-state index in [2.05, 4.69) is 5.32 Å². The zero-order valence-electron chi connectivity index (χ0n) is 6.55. The second kappa shape index (κ2) is 1.79. The van der Waals surface area contributed by atoms with E-state index in [0.717, 1.165) is 11.8 Å². The van der Waals surface area contributed by atoms with Gasteiger partial charge in [0, 0.05) is 6.04 Å². The Morgan fingerprint density at radius 2 is 1.73 bits per heavy atom. The standard InChI is InChI=1S/C9H13NO/c11-9-7(5-1-2-5)8(10-9)6-3-4-6/h5-8H,1-4H2,(H,10,11)/t7-,8-/m0/s1. The van der Waals surface area contributed by atoms with Gasteiger partial charge in [0.2, 0.25) is 5.91 Å². The van der Waals surface area contributed by atoms with Gasteiger partial charge in [-0.15, -0.1) is 0 Å². The number of hydrogen-bond acceptors (Lipinski definition) is 1. The van der Waals surface area contributed by atoms with Gasteiger partial charge in [0.05, 0.1) is 5.92 Å². The Bertz CT molecular complexity index is 206. The number of carbonyl (C=O) groups is 1. The molecule has 1 aliphatic heterocycles. The van der Waals surface area contributed by atoms with E-state index in [4.69, 9.17) is 0 Å². The quantitative estimate of drug-likeness (QED) is 0.584. The summed E-state index contributed by atoms with van der Waals surface area (Å²) in [7, 11) is 0. The molecule has 3 rings (SSSR count). The van der Waals surface area contributed by atoms with Crippen LogP contribution in [0.25, 0.3) is 0 Å². The van der Waals surface area contributed by atoms with Gasteiger partial charge in [-0.3, -0.25) is 4.79 Å². The molecule has 0 spiro atoms. The Morgan fingerprint density at radius 3 is 2.18 bits per heavy atom. The third kappa shape index (κ3) is 0.815. The van der Waals surface area contributed by atoms with E-state index in [1.165, 1.54) is 25.7 Å². The lowest BCUT2D eigenvalue weighted by molar-refractivity contribution is -0.136. The number of hydrogen-bond donors (Lipinski definition) is 1. The highest BCUT2D eigenvalue weighted by Gasteiger charge is 2.53. The summed E-state index contributed by atoms with van der Waals surface area (Å²) in [5, 5.41) is 3.04. The van der Waals surface area contributed by atoms with E-state index < -0.39 is 0 Å². The maximum Gasteiger partial charge on any atom is 0.225 e. The highest BCUT2D eigenvalue weighted by atomic mass is 16.2. The third-order valence-corrected chi connectivity index (χ3v) is 3.26. The van der Waals surface area contributed by atoms with E-state index in [-0.39, 0.29) is 0 Å². The molecule has 2 heteroatoms. The van der Waals surface area contributed by atoms with Gasteiger partial charge in [0.15, 0.2) is 0 Å². The van der Waals surface area contributed by atoms with Crippen molar-refractivity contribution in [2.24, 2.45) is 17.8 Å². The SMILES string of the molecule is O=C1N[C@@H](C2CC2)[C@@H]1C1CC1. The molecule has 0 unspecified atom stereocenters. The van der Waals surface area contributed by atoms with Gasteiger partial charge in [-0.2, -0.15) is 0 Å². The average Bonchev–Trinajstić information content (AvgIpc) is 2.75. The van der Waals surface area contributed by atoms with Crippen molar-refractivity contribution in [3.8, 4) is 0 Å². The fourth-order valence-corrected chi connectivity index (χ4v) is 2.25. The topological polar surface area (TPSA) is 29.1 Å². The summed E-state index contributed by atoms with van der Waals surface area (Å²) in [6, 6.07) is 0.593. The van der Waals surface area contributed by atoms with E-state index in [1.54, 1.807) is 0 Å². The number of amides is 1. The first-order valence-electron chi connectivity index (χ1n) is 4.66. The minimum absolute atomic E-state index is 0.337. The van der Waals surface area contributed by atoms with Gasteiger partial charge in [0.1, 0.15) is 0 Å². The molecule has 3 fully saturated rings. The fourth-order valence-electron chi connectivity index (χ4n) is 2.25. The lowest BCUT2D eigenvalue weighted by atomic mass is 9.83. The molecular weight excluding hydrogens is 138 g/mol. The predicted octanol–water partition coefficient (Wildman–Crippen LogP) is 0.921. The largest absolute Gasteiger partial charge is 0.352 e. The first-order valence-corrected chi connectivity index (χ1v) is 4.66. The van der Waals surface area contributed by atoms with Crippen molar-refractivity contribution < 1.29 is 4.79 Å². The van der Waals surface area contributed by atoms with Crippen LogP contribution in [-0.2, 0) is 4.79 Å². The van der Waals surface area contributed by atoms with Crippen molar-refractivity contribution >= 4 is 5.91 Å². The molecule has 0 aromatic carbocycles. The monoisotopic (exact) mass is 151 g/mol. The number of nitrogens with one attached hydrogen (secondary N) is 1. The minimum Gasteiger partial charge on any atom is -0.352 e. The van der Waals surface area contributed by atoms with Crippen LogP contribution >= 0.6 is 0 Å². The second-order valence-corrected chi connectivity index (χ2v) is 4.24. The summed E-state index contributed by atoms with van der Waals surface area (Å²) in [6.07, 6.45) is 5.32. The Hall–Kier alpha value is -0.530. The molecule has 1 amide bonds. The van der Waals surface area contributed by atoms with Crippen LogP contribution in [0.4, 0.5) is 0 Å². The summed E-state index contributed by atoms with van der Waals surface area (Å²) < 4.78 is 0. The molecule has 0 bridgehead atoms. The summed E-state index contributed by atoms with van der Waals surface area (Å²) in [6.45, 7) is 0. The molecule has 11 heavy (non-hydrogen) atoms. The fraction of sp³-hybridized carbons (Fsp3) is 0.889. The Morgan fingerprint density at radius 1 is 1.09 bits per heavy atom. The highest BCUT2D eigenvalue weighted by molar-refractivity contribution is 5.86. The van der Waals surface area contributed by atoms with Crippen molar-refractivity contribution in [2.45, 2.75) is 31.7 Å². The lowest BCUT2D eigenvalue weighted by Gasteiger charge is -2.37. The average molecular weight is 151 g/mol. The van der Waals surface area contributed by atoms with Crippen LogP contribution in [0.1, 0.15) is 25.7 Å². The van der Waals surface area contributed by atoms with Gasteiger partial charge in [-0.1, -0.05) is 0 Å². The van der Waals surface area contributed by atoms with Crippen LogP contribution in [-0.4, -0.2) is 11.9 Å². The van der Waals surface area contributed by atoms with Crippen molar-refractivity contribution in [1.82, 2.24) is 5.32 Å². The Labute approximate surface area is 66.4 Å². The minimum atomic E-state index is 0.337. The molecule has 2 saturated carbocycles. The second-order valence-electron chi connectivity index (χ2n) is 4.24. The predicted molar refractivity (Wildman–Crippen MR) is 40.9 cm³/mol. The van der Waals surface area contributed by atoms with Gasteiger partial charge >= 0.3 is 0 Å². The Kier molecular flexibility index (Phi) is 0.984. The molecule has 60 valence electrons. The molecule has 0 aromatic rings. The maximum absolute atomic E-state index is 11.1. The van der Waals surface area contributed by atoms with Crippen LogP contribution < -0.4 is 5.32 Å². The zero-order valence-corrected chi connectivity index (χ0v) is 6.55. The van der Waals surface area contributed by atoms with E-state index in [9.17, 15) is 4.79 Å². The van der Waals surface area contributed by atoms with Gasteiger partial charge in [-0.05, 0) is 37.5 Å². The number of carbonyl (C=O) groups excluding carboxylic acids is 1. The molecule has 0 aromatic heterocycles. The van der Waals surface area contributed by atoms with E-state index in [1.807, 2.05) is 0 Å². The third-order valence-electron chi connectivity index (χ3n) is 3.26. The first kappa shape index (κ1) is 6.04. The van der Waals surface area contributed by atoms with Crippen LogP contribution in [0.15, 0.2) is 0 Å². The molecule has 2 atom stereocenters. The van der Waals surface area contributed by atoms with E-state index in [0.29, 0.717) is 17.9 Å². The summed E-state index contributed by atoms with van der Waals surface area (Å²) >= 11 is 0. The normalized spacial score (nSPS) is 43.1. The zero-order chi connectivity index (χ0) is 7.42. The first-order chi connectivity index (χ1) is 5.36. The van der Waals surface area contributed by atoms with Crippen LogP contribution in [0.5, 0.6) is 0 Å². The van der Waals surface area contributed by atoms with Crippen molar-refractivity contribution in [1.29, 1.82) is 0 Å². The molecule has 1 heterocycles. The Balaban J connectivity index is 1.71.